The van der Waals surface area contributed by atoms with Gasteiger partial charge in [-0.3, -0.25) is 4.79 Å². The van der Waals surface area contributed by atoms with Gasteiger partial charge in [-0.25, -0.2) is 12.7 Å². The summed E-state index contributed by atoms with van der Waals surface area (Å²) in [6.07, 6.45) is 0. The number of thioether (sulfide) groups is 1. The monoisotopic (exact) mass is 463 g/mol. The molecule has 2 aromatic carbocycles. The molecule has 0 bridgehead atoms. The number of sulfonamides is 1. The number of aromatic nitrogens is 2. The molecule has 0 fully saturated rings. The molecule has 11 heteroatoms. The average Bonchev–Trinajstić information content (AvgIpc) is 3.16. The van der Waals surface area contributed by atoms with Gasteiger partial charge in [-0.1, -0.05) is 47.4 Å². The molecule has 0 saturated heterocycles. The molecule has 0 aliphatic carbocycles. The van der Waals surface area contributed by atoms with Gasteiger partial charge in [-0.2, -0.15) is 0 Å². The van der Waals surface area contributed by atoms with E-state index >= 15 is 0 Å². The lowest BCUT2D eigenvalue weighted by Crippen LogP contribution is -2.22. The van der Waals surface area contributed by atoms with Gasteiger partial charge in [-0.05, 0) is 36.8 Å². The molecule has 1 heterocycles. The highest BCUT2D eigenvalue weighted by Crippen LogP contribution is 2.28. The molecule has 0 atom stereocenters. The molecular weight excluding hydrogens is 442 g/mol. The Morgan fingerprint density at radius 2 is 1.87 bits per heavy atom. The number of amides is 1. The number of nitrogens with one attached hydrogen (secondary N) is 2. The first-order chi connectivity index (χ1) is 14.3. The van der Waals surface area contributed by atoms with Gasteiger partial charge >= 0.3 is 0 Å². The van der Waals surface area contributed by atoms with Crippen molar-refractivity contribution in [2.24, 2.45) is 0 Å². The molecule has 1 amide bonds. The molecule has 30 heavy (non-hydrogen) atoms. The number of hydrogen-bond donors (Lipinski definition) is 2. The molecule has 0 saturated carbocycles. The second-order valence-electron chi connectivity index (χ2n) is 6.47. The van der Waals surface area contributed by atoms with E-state index in [4.69, 9.17) is 0 Å². The molecule has 3 rings (SSSR count). The van der Waals surface area contributed by atoms with Crippen molar-refractivity contribution in [2.45, 2.75) is 16.2 Å². The Bertz CT molecular complexity index is 1130. The maximum Gasteiger partial charge on any atom is 0.242 e. The lowest BCUT2D eigenvalue weighted by molar-refractivity contribution is -0.113. The predicted octanol–water partition coefficient (Wildman–Crippen LogP) is 3.57. The molecule has 0 unspecified atom stereocenters. The van der Waals surface area contributed by atoms with Crippen molar-refractivity contribution in [3.8, 4) is 0 Å². The largest absolute Gasteiger partial charge is 0.330 e. The number of hydrogen-bond acceptors (Lipinski definition) is 8. The van der Waals surface area contributed by atoms with Crippen LogP contribution < -0.4 is 10.6 Å². The molecule has 0 spiro atoms. The van der Waals surface area contributed by atoms with Crippen molar-refractivity contribution in [1.29, 1.82) is 0 Å². The number of rotatable bonds is 8. The first-order valence-corrected chi connectivity index (χ1v) is 12.1. The first-order valence-electron chi connectivity index (χ1n) is 8.87. The van der Waals surface area contributed by atoms with E-state index in [0.717, 1.165) is 15.6 Å². The summed E-state index contributed by atoms with van der Waals surface area (Å²) in [6.45, 7) is 1.81. The summed E-state index contributed by atoms with van der Waals surface area (Å²) >= 11 is 2.62. The summed E-state index contributed by atoms with van der Waals surface area (Å²) < 4.78 is 26.4. The normalized spacial score (nSPS) is 11.5. The van der Waals surface area contributed by atoms with Crippen LogP contribution in [0, 0.1) is 6.92 Å². The summed E-state index contributed by atoms with van der Waals surface area (Å²) in [5, 5.41) is 14.7. The SMILES string of the molecule is Cc1ccc(S(=O)(=O)N(C)C)cc1NC(=O)CSc1nnc(Nc2ccccc2)s1. The third kappa shape index (κ3) is 5.57. The number of carbonyl (C=O) groups is 1. The lowest BCUT2D eigenvalue weighted by atomic mass is 10.2. The number of para-hydroxylation sites is 1. The summed E-state index contributed by atoms with van der Waals surface area (Å²) in [5.41, 5.74) is 2.15. The Kier molecular flexibility index (Phi) is 7.08. The molecule has 2 N–H and O–H groups in total. The Hall–Kier alpha value is -2.47. The zero-order valence-corrected chi connectivity index (χ0v) is 19.1. The number of anilines is 3. The maximum absolute atomic E-state index is 12.4. The van der Waals surface area contributed by atoms with E-state index in [2.05, 4.69) is 20.8 Å². The predicted molar refractivity (Wildman–Crippen MR) is 121 cm³/mol. The second-order valence-corrected chi connectivity index (χ2v) is 10.8. The van der Waals surface area contributed by atoms with Crippen molar-refractivity contribution >= 4 is 55.5 Å². The van der Waals surface area contributed by atoms with Crippen LogP contribution in [0.15, 0.2) is 57.8 Å². The van der Waals surface area contributed by atoms with E-state index in [0.29, 0.717) is 15.2 Å². The van der Waals surface area contributed by atoms with Gasteiger partial charge in [0.1, 0.15) is 0 Å². The van der Waals surface area contributed by atoms with Gasteiger partial charge in [0.25, 0.3) is 0 Å². The number of carbonyl (C=O) groups excluding carboxylic acids is 1. The molecule has 0 aliphatic rings. The lowest BCUT2D eigenvalue weighted by Gasteiger charge is -2.14. The summed E-state index contributed by atoms with van der Waals surface area (Å²) in [4.78, 5) is 12.5. The van der Waals surface area contributed by atoms with Crippen molar-refractivity contribution < 1.29 is 13.2 Å². The topological polar surface area (TPSA) is 104 Å². The number of benzene rings is 2. The maximum atomic E-state index is 12.4. The van der Waals surface area contributed by atoms with Gasteiger partial charge in [0.2, 0.25) is 21.1 Å². The number of nitrogens with zero attached hydrogens (tertiary/aromatic N) is 3. The highest BCUT2D eigenvalue weighted by molar-refractivity contribution is 8.01. The van der Waals surface area contributed by atoms with Gasteiger partial charge in [0, 0.05) is 25.5 Å². The van der Waals surface area contributed by atoms with Crippen LogP contribution in [0.3, 0.4) is 0 Å². The van der Waals surface area contributed by atoms with E-state index in [9.17, 15) is 13.2 Å². The van der Waals surface area contributed by atoms with Crippen molar-refractivity contribution in [3.63, 3.8) is 0 Å². The molecular formula is C19H21N5O3S3. The molecule has 3 aromatic rings. The minimum Gasteiger partial charge on any atom is -0.330 e. The van der Waals surface area contributed by atoms with Gasteiger partial charge < -0.3 is 10.6 Å². The molecule has 0 aliphatic heterocycles. The fraction of sp³-hybridized carbons (Fsp3) is 0.211. The molecule has 158 valence electrons. The highest BCUT2D eigenvalue weighted by atomic mass is 32.2. The van der Waals surface area contributed by atoms with Crippen LogP contribution in [-0.4, -0.2) is 48.7 Å². The third-order valence-corrected chi connectivity index (χ3v) is 7.80. The average molecular weight is 464 g/mol. The van der Waals surface area contributed by atoms with Crippen LogP contribution in [0.1, 0.15) is 5.56 Å². The van der Waals surface area contributed by atoms with E-state index < -0.39 is 10.0 Å². The zero-order chi connectivity index (χ0) is 21.7. The van der Waals surface area contributed by atoms with Gasteiger partial charge in [-0.15, -0.1) is 10.2 Å². The Labute approximate surface area is 183 Å². The Morgan fingerprint density at radius 3 is 2.57 bits per heavy atom. The van der Waals surface area contributed by atoms with Gasteiger partial charge in [0.15, 0.2) is 4.34 Å². The first kappa shape index (κ1) is 22.2. The fourth-order valence-corrected chi connectivity index (χ4v) is 4.88. The number of aryl methyl sites for hydroxylation is 1. The van der Waals surface area contributed by atoms with E-state index in [-0.39, 0.29) is 16.6 Å². The van der Waals surface area contributed by atoms with Crippen LogP contribution >= 0.6 is 23.1 Å². The minimum absolute atomic E-state index is 0.127. The molecule has 1 aromatic heterocycles. The van der Waals surface area contributed by atoms with Gasteiger partial charge in [0.05, 0.1) is 10.6 Å². The van der Waals surface area contributed by atoms with Crippen LogP contribution in [0.2, 0.25) is 0 Å². The quantitative estimate of drug-likeness (QED) is 0.492. The van der Waals surface area contributed by atoms with Crippen LogP contribution in [0.4, 0.5) is 16.5 Å². The van der Waals surface area contributed by atoms with Crippen molar-refractivity contribution in [1.82, 2.24) is 14.5 Å². The second kappa shape index (κ2) is 9.56. The smallest absolute Gasteiger partial charge is 0.242 e. The van der Waals surface area contributed by atoms with Crippen LogP contribution in [-0.2, 0) is 14.8 Å². The summed E-state index contributed by atoms with van der Waals surface area (Å²) in [5.74, 6) is -0.125. The minimum atomic E-state index is -3.58. The molecule has 8 nitrogen and oxygen atoms in total. The molecule has 0 radical (unpaired) electrons. The standard InChI is InChI=1S/C19H21N5O3S3/c1-13-9-10-15(30(26,27)24(2)3)11-16(13)21-17(25)12-28-19-23-22-18(29-19)20-14-7-5-4-6-8-14/h4-11H,12H2,1-3H3,(H,20,22)(H,21,25). The third-order valence-electron chi connectivity index (χ3n) is 4.02. The summed E-state index contributed by atoms with van der Waals surface area (Å²) in [6, 6.07) is 14.3. The van der Waals surface area contributed by atoms with Crippen LogP contribution in [0.25, 0.3) is 0 Å². The highest BCUT2D eigenvalue weighted by Gasteiger charge is 2.19. The fourth-order valence-electron chi connectivity index (χ4n) is 2.38. The van der Waals surface area contributed by atoms with Crippen molar-refractivity contribution in [3.05, 3.63) is 54.1 Å². The zero-order valence-electron chi connectivity index (χ0n) is 16.6. The van der Waals surface area contributed by atoms with Crippen molar-refractivity contribution in [2.75, 3.05) is 30.5 Å². The van der Waals surface area contributed by atoms with E-state index in [1.165, 1.54) is 49.3 Å². The Balaban J connectivity index is 1.60. The van der Waals surface area contributed by atoms with E-state index in [1.54, 1.807) is 13.0 Å². The summed E-state index contributed by atoms with van der Waals surface area (Å²) in [7, 11) is -0.646. The Morgan fingerprint density at radius 1 is 1.13 bits per heavy atom. The van der Waals surface area contributed by atoms with Crippen LogP contribution in [0.5, 0.6) is 0 Å². The van der Waals surface area contributed by atoms with E-state index in [1.807, 2.05) is 30.3 Å².